The molecule has 0 radical (unpaired) electrons. The fraction of sp³-hybridized carbons (Fsp3) is 0.267. The van der Waals surface area contributed by atoms with Crippen LogP contribution in [-0.2, 0) is 4.74 Å². The summed E-state index contributed by atoms with van der Waals surface area (Å²) in [5.74, 6) is 0.346. The summed E-state index contributed by atoms with van der Waals surface area (Å²) in [6.45, 7) is 2.34. The molecule has 1 N–H and O–H groups in total. The van der Waals surface area contributed by atoms with Crippen molar-refractivity contribution < 1.29 is 9.53 Å². The van der Waals surface area contributed by atoms with Gasteiger partial charge < -0.3 is 15.0 Å². The fourth-order valence-electron chi connectivity index (χ4n) is 2.15. The van der Waals surface area contributed by atoms with Gasteiger partial charge in [0.25, 0.3) is 5.91 Å². The minimum atomic E-state index is -0.0717. The number of halogens is 1. The Morgan fingerprint density at radius 2 is 1.95 bits per heavy atom. The average molecular weight is 319 g/mol. The van der Waals surface area contributed by atoms with Gasteiger partial charge in [-0.3, -0.25) is 4.79 Å². The molecule has 1 aromatic heterocycles. The molecule has 1 aromatic carbocycles. The molecule has 1 aliphatic heterocycles. The summed E-state index contributed by atoms with van der Waals surface area (Å²) in [6.07, 6.45) is 3.05. The number of carbonyl (C=O) groups excluding carboxylic acids is 1. The first-order valence-corrected chi connectivity index (χ1v) is 7.32. The number of ether oxygens (including phenoxy) is 1. The maximum atomic E-state index is 12.3. The molecule has 1 fully saturated rings. The minimum Gasteiger partial charge on any atom is -0.378 e. The molecule has 0 bridgehead atoms. The molecular formula is C15H15ClN4O2. The summed E-state index contributed by atoms with van der Waals surface area (Å²) < 4.78 is 5.23. The summed E-state index contributed by atoms with van der Waals surface area (Å²) in [5.41, 5.74) is 1.26. The van der Waals surface area contributed by atoms with Crippen LogP contribution in [0.5, 0.6) is 0 Å². The average Bonchev–Trinajstić information content (AvgIpc) is 2.56. The zero-order chi connectivity index (χ0) is 15.4. The highest BCUT2D eigenvalue weighted by Gasteiger charge is 2.19. The SMILES string of the molecule is O=C(c1cnc(Nc2cccc(Cl)c2)nc1)N1CCOCC1. The van der Waals surface area contributed by atoms with Gasteiger partial charge in [-0.1, -0.05) is 17.7 Å². The first-order valence-electron chi connectivity index (χ1n) is 6.94. The van der Waals surface area contributed by atoms with E-state index in [2.05, 4.69) is 15.3 Å². The lowest BCUT2D eigenvalue weighted by Crippen LogP contribution is -2.40. The first-order chi connectivity index (χ1) is 10.7. The van der Waals surface area contributed by atoms with E-state index in [1.807, 2.05) is 12.1 Å². The lowest BCUT2D eigenvalue weighted by Gasteiger charge is -2.26. The number of morpholine rings is 1. The standard InChI is InChI=1S/C15H15ClN4O2/c16-12-2-1-3-13(8-12)19-15-17-9-11(10-18-15)14(21)20-4-6-22-7-5-20/h1-3,8-10H,4-7H2,(H,17,18,19). The number of nitrogens with one attached hydrogen (secondary N) is 1. The summed E-state index contributed by atoms with van der Waals surface area (Å²) in [4.78, 5) is 22.4. The number of carbonyl (C=O) groups is 1. The largest absolute Gasteiger partial charge is 0.378 e. The molecule has 0 aliphatic carbocycles. The second kappa shape index (κ2) is 6.72. The van der Waals surface area contributed by atoms with Crippen LogP contribution in [-0.4, -0.2) is 47.1 Å². The molecule has 7 heteroatoms. The van der Waals surface area contributed by atoms with E-state index in [9.17, 15) is 4.79 Å². The van der Waals surface area contributed by atoms with Crippen LogP contribution in [0.3, 0.4) is 0 Å². The molecule has 0 saturated carbocycles. The Hall–Kier alpha value is -2.18. The molecule has 6 nitrogen and oxygen atoms in total. The van der Waals surface area contributed by atoms with Crippen molar-refractivity contribution in [2.24, 2.45) is 0 Å². The van der Waals surface area contributed by atoms with E-state index in [-0.39, 0.29) is 5.91 Å². The Morgan fingerprint density at radius 1 is 1.23 bits per heavy atom. The van der Waals surface area contributed by atoms with Gasteiger partial charge in [0.1, 0.15) is 0 Å². The Labute approximate surface area is 133 Å². The highest BCUT2D eigenvalue weighted by Crippen LogP contribution is 2.18. The second-order valence-corrected chi connectivity index (χ2v) is 5.27. The summed E-state index contributed by atoms with van der Waals surface area (Å²) >= 11 is 5.92. The lowest BCUT2D eigenvalue weighted by atomic mass is 10.3. The number of aromatic nitrogens is 2. The molecule has 0 spiro atoms. The van der Waals surface area contributed by atoms with Crippen LogP contribution in [0.4, 0.5) is 11.6 Å². The van der Waals surface area contributed by atoms with Gasteiger partial charge in [0.2, 0.25) is 5.95 Å². The number of hydrogen-bond donors (Lipinski definition) is 1. The summed E-state index contributed by atoms with van der Waals surface area (Å²) in [7, 11) is 0. The van der Waals surface area contributed by atoms with Crippen molar-refractivity contribution in [3.63, 3.8) is 0 Å². The van der Waals surface area contributed by atoms with Crippen molar-refractivity contribution in [2.75, 3.05) is 31.6 Å². The van der Waals surface area contributed by atoms with E-state index in [0.29, 0.717) is 42.8 Å². The number of rotatable bonds is 3. The van der Waals surface area contributed by atoms with E-state index in [4.69, 9.17) is 16.3 Å². The number of benzene rings is 1. The van der Waals surface area contributed by atoms with Gasteiger partial charge in [0.15, 0.2) is 0 Å². The van der Waals surface area contributed by atoms with Gasteiger partial charge in [0, 0.05) is 36.2 Å². The van der Waals surface area contributed by atoms with Gasteiger partial charge in [0.05, 0.1) is 18.8 Å². The summed E-state index contributed by atoms with van der Waals surface area (Å²) in [6, 6.07) is 7.26. The van der Waals surface area contributed by atoms with Crippen molar-refractivity contribution in [1.29, 1.82) is 0 Å². The molecule has 2 aromatic rings. The zero-order valence-electron chi connectivity index (χ0n) is 11.8. The number of anilines is 2. The normalized spacial score (nSPS) is 14.7. The van der Waals surface area contributed by atoms with Crippen LogP contribution < -0.4 is 5.32 Å². The Kier molecular flexibility index (Phi) is 4.50. The topological polar surface area (TPSA) is 67.4 Å². The van der Waals surface area contributed by atoms with Crippen molar-refractivity contribution in [3.05, 3.63) is 47.2 Å². The molecule has 2 heterocycles. The smallest absolute Gasteiger partial charge is 0.257 e. The van der Waals surface area contributed by atoms with E-state index in [1.165, 1.54) is 12.4 Å². The fourth-order valence-corrected chi connectivity index (χ4v) is 2.34. The monoisotopic (exact) mass is 318 g/mol. The predicted molar refractivity (Wildman–Crippen MR) is 83.5 cm³/mol. The first kappa shape index (κ1) is 14.7. The molecule has 1 amide bonds. The van der Waals surface area contributed by atoms with E-state index < -0.39 is 0 Å². The van der Waals surface area contributed by atoms with Crippen molar-refractivity contribution >= 4 is 29.1 Å². The highest BCUT2D eigenvalue weighted by atomic mass is 35.5. The molecular weight excluding hydrogens is 304 g/mol. The van der Waals surface area contributed by atoms with Crippen molar-refractivity contribution in [2.45, 2.75) is 0 Å². The molecule has 1 aliphatic rings. The maximum Gasteiger partial charge on any atom is 0.257 e. The molecule has 1 saturated heterocycles. The number of nitrogens with zero attached hydrogens (tertiary/aromatic N) is 3. The van der Waals surface area contributed by atoms with E-state index in [0.717, 1.165) is 5.69 Å². The van der Waals surface area contributed by atoms with Gasteiger partial charge >= 0.3 is 0 Å². The van der Waals surface area contributed by atoms with E-state index in [1.54, 1.807) is 17.0 Å². The van der Waals surface area contributed by atoms with Gasteiger partial charge in [-0.25, -0.2) is 9.97 Å². The molecule has 114 valence electrons. The highest BCUT2D eigenvalue weighted by molar-refractivity contribution is 6.30. The minimum absolute atomic E-state index is 0.0717. The Bertz CT molecular complexity index is 657. The zero-order valence-corrected chi connectivity index (χ0v) is 12.6. The molecule has 3 rings (SSSR count). The molecule has 0 atom stereocenters. The van der Waals surface area contributed by atoms with Crippen molar-refractivity contribution in [3.8, 4) is 0 Å². The number of hydrogen-bond acceptors (Lipinski definition) is 5. The number of amides is 1. The van der Waals surface area contributed by atoms with Crippen LogP contribution in [0.15, 0.2) is 36.7 Å². The predicted octanol–water partition coefficient (Wildman–Crippen LogP) is 2.35. The van der Waals surface area contributed by atoms with Crippen LogP contribution >= 0.6 is 11.6 Å². The molecule has 22 heavy (non-hydrogen) atoms. The van der Waals surface area contributed by atoms with Crippen LogP contribution in [0, 0.1) is 0 Å². The van der Waals surface area contributed by atoms with Crippen LogP contribution in [0.1, 0.15) is 10.4 Å². The third-order valence-corrected chi connectivity index (χ3v) is 3.51. The Morgan fingerprint density at radius 3 is 2.64 bits per heavy atom. The van der Waals surface area contributed by atoms with Gasteiger partial charge in [-0.05, 0) is 18.2 Å². The van der Waals surface area contributed by atoms with Gasteiger partial charge in [-0.2, -0.15) is 0 Å². The third kappa shape index (κ3) is 3.52. The summed E-state index contributed by atoms with van der Waals surface area (Å²) in [5, 5.41) is 3.67. The van der Waals surface area contributed by atoms with Crippen LogP contribution in [0.2, 0.25) is 5.02 Å². The lowest BCUT2D eigenvalue weighted by molar-refractivity contribution is 0.0302. The van der Waals surface area contributed by atoms with Crippen LogP contribution in [0.25, 0.3) is 0 Å². The maximum absolute atomic E-state index is 12.3. The van der Waals surface area contributed by atoms with E-state index >= 15 is 0 Å². The Balaban J connectivity index is 1.68. The second-order valence-electron chi connectivity index (χ2n) is 4.84. The van der Waals surface area contributed by atoms with Gasteiger partial charge in [-0.15, -0.1) is 0 Å². The van der Waals surface area contributed by atoms with Crippen molar-refractivity contribution in [1.82, 2.24) is 14.9 Å². The third-order valence-electron chi connectivity index (χ3n) is 3.28. The molecule has 0 unspecified atom stereocenters. The quantitative estimate of drug-likeness (QED) is 0.941.